The molecule has 0 aliphatic heterocycles. The van der Waals surface area contributed by atoms with E-state index in [1.165, 1.54) is 18.2 Å². The summed E-state index contributed by atoms with van der Waals surface area (Å²) in [5.74, 6) is 7.19. The minimum atomic E-state index is 0.321. The molecule has 0 spiro atoms. The van der Waals surface area contributed by atoms with Crippen LogP contribution >= 0.6 is 0 Å². The van der Waals surface area contributed by atoms with E-state index < -0.39 is 0 Å². The molecule has 3 rings (SSSR count). The van der Waals surface area contributed by atoms with Gasteiger partial charge < -0.3 is 0 Å². The van der Waals surface area contributed by atoms with Crippen molar-refractivity contribution in [3.63, 3.8) is 0 Å². The van der Waals surface area contributed by atoms with Gasteiger partial charge in [0.15, 0.2) is 0 Å². The molecule has 100 valence electrons. The lowest BCUT2D eigenvalue weighted by Crippen LogP contribution is -2.42. The Bertz CT molecular complexity index is 563. The van der Waals surface area contributed by atoms with E-state index >= 15 is 0 Å². The molecule has 19 heavy (non-hydrogen) atoms. The number of hydrazine groups is 1. The Kier molecular flexibility index (Phi) is 3.49. The quantitative estimate of drug-likeness (QED) is 0.638. The smallest absolute Gasteiger partial charge is 0.0705 e. The van der Waals surface area contributed by atoms with Crippen molar-refractivity contribution in [3.05, 3.63) is 42.1 Å². The number of aromatic nitrogens is 1. The summed E-state index contributed by atoms with van der Waals surface area (Å²) in [7, 11) is 0. The molecule has 1 aliphatic rings. The van der Waals surface area contributed by atoms with Crippen molar-refractivity contribution in [3.8, 4) is 0 Å². The number of pyridine rings is 1. The van der Waals surface area contributed by atoms with E-state index in [2.05, 4.69) is 36.6 Å². The van der Waals surface area contributed by atoms with Gasteiger partial charge in [0.25, 0.3) is 0 Å². The van der Waals surface area contributed by atoms with Crippen molar-refractivity contribution in [2.75, 3.05) is 0 Å². The second kappa shape index (κ2) is 5.27. The Hall–Kier alpha value is -1.45. The van der Waals surface area contributed by atoms with Crippen molar-refractivity contribution in [1.29, 1.82) is 0 Å². The normalized spacial score (nSPS) is 18.4. The van der Waals surface area contributed by atoms with Crippen LogP contribution in [-0.2, 0) is 6.42 Å². The second-order valence-corrected chi connectivity index (χ2v) is 5.67. The minimum Gasteiger partial charge on any atom is -0.271 e. The van der Waals surface area contributed by atoms with E-state index in [1.807, 2.05) is 12.1 Å². The third kappa shape index (κ3) is 2.77. The van der Waals surface area contributed by atoms with Crippen LogP contribution in [-0.4, -0.2) is 11.0 Å². The van der Waals surface area contributed by atoms with E-state index in [0.29, 0.717) is 12.0 Å². The zero-order chi connectivity index (χ0) is 13.2. The number of hydrogen-bond acceptors (Lipinski definition) is 3. The number of benzene rings is 1. The fourth-order valence-electron chi connectivity index (χ4n) is 2.79. The topological polar surface area (TPSA) is 50.9 Å². The Labute approximate surface area is 114 Å². The van der Waals surface area contributed by atoms with E-state index in [9.17, 15) is 0 Å². The Morgan fingerprint density at radius 2 is 2.05 bits per heavy atom. The lowest BCUT2D eigenvalue weighted by molar-refractivity contribution is 0.342. The summed E-state index contributed by atoms with van der Waals surface area (Å²) in [6.45, 7) is 2.29. The Morgan fingerprint density at radius 1 is 1.26 bits per heavy atom. The van der Waals surface area contributed by atoms with Gasteiger partial charge in [-0.3, -0.25) is 16.3 Å². The van der Waals surface area contributed by atoms with Gasteiger partial charge in [0, 0.05) is 23.5 Å². The fraction of sp³-hybridized carbons (Fsp3) is 0.438. The van der Waals surface area contributed by atoms with Gasteiger partial charge in [-0.15, -0.1) is 0 Å². The van der Waals surface area contributed by atoms with Gasteiger partial charge in [-0.25, -0.2) is 0 Å². The molecule has 2 aromatic rings. The van der Waals surface area contributed by atoms with Gasteiger partial charge in [-0.05, 0) is 36.8 Å². The highest BCUT2D eigenvalue weighted by Crippen LogP contribution is 2.38. The lowest BCUT2D eigenvalue weighted by Gasteiger charge is -2.22. The number of nitrogens with two attached hydrogens (primary N) is 1. The zero-order valence-electron chi connectivity index (χ0n) is 11.3. The van der Waals surface area contributed by atoms with Crippen molar-refractivity contribution >= 4 is 10.9 Å². The summed E-state index contributed by atoms with van der Waals surface area (Å²) >= 11 is 0. The van der Waals surface area contributed by atoms with Crippen LogP contribution in [0.1, 0.15) is 25.5 Å². The molecule has 1 heterocycles. The number of nitrogens with one attached hydrogen (secondary N) is 1. The van der Waals surface area contributed by atoms with Crippen molar-refractivity contribution in [2.45, 2.75) is 32.2 Å². The number of rotatable bonds is 5. The number of para-hydroxylation sites is 1. The molecule has 3 heteroatoms. The monoisotopic (exact) mass is 255 g/mol. The highest BCUT2D eigenvalue weighted by Gasteiger charge is 2.33. The first-order chi connectivity index (χ1) is 9.28. The van der Waals surface area contributed by atoms with Gasteiger partial charge in [-0.2, -0.15) is 0 Å². The minimum absolute atomic E-state index is 0.321. The molecule has 1 saturated carbocycles. The second-order valence-electron chi connectivity index (χ2n) is 5.67. The summed E-state index contributed by atoms with van der Waals surface area (Å²) in [5.41, 5.74) is 5.16. The molecular weight excluding hydrogens is 234 g/mol. The van der Waals surface area contributed by atoms with Crippen LogP contribution in [0.2, 0.25) is 0 Å². The molecule has 0 bridgehead atoms. The molecule has 0 saturated heterocycles. The maximum absolute atomic E-state index is 5.72. The zero-order valence-corrected chi connectivity index (χ0v) is 11.3. The Morgan fingerprint density at radius 3 is 2.79 bits per heavy atom. The van der Waals surface area contributed by atoms with Crippen LogP contribution in [0, 0.1) is 11.8 Å². The average Bonchev–Trinajstić information content (AvgIpc) is 3.28. The molecule has 1 aromatic heterocycles. The SMILES string of the molecule is CC(C1CC1)C(Cc1ccc2ccccc2n1)NN. The van der Waals surface area contributed by atoms with Gasteiger partial charge in [0.05, 0.1) is 5.52 Å². The summed E-state index contributed by atoms with van der Waals surface area (Å²) < 4.78 is 0. The summed E-state index contributed by atoms with van der Waals surface area (Å²) in [6, 6.07) is 12.8. The third-order valence-electron chi connectivity index (χ3n) is 4.30. The van der Waals surface area contributed by atoms with Crippen molar-refractivity contribution in [1.82, 2.24) is 10.4 Å². The summed E-state index contributed by atoms with van der Waals surface area (Å²) in [4.78, 5) is 4.73. The average molecular weight is 255 g/mol. The van der Waals surface area contributed by atoms with Crippen LogP contribution < -0.4 is 11.3 Å². The van der Waals surface area contributed by atoms with E-state index in [4.69, 9.17) is 10.8 Å². The maximum Gasteiger partial charge on any atom is 0.0705 e. The number of fused-ring (bicyclic) bond motifs is 1. The molecule has 0 amide bonds. The lowest BCUT2D eigenvalue weighted by atomic mass is 9.93. The van der Waals surface area contributed by atoms with E-state index in [0.717, 1.165) is 23.5 Å². The molecule has 3 nitrogen and oxygen atoms in total. The number of nitrogens with zero attached hydrogens (tertiary/aromatic N) is 1. The van der Waals surface area contributed by atoms with Gasteiger partial charge in [0.1, 0.15) is 0 Å². The molecule has 1 fully saturated rings. The van der Waals surface area contributed by atoms with Crippen LogP contribution in [0.4, 0.5) is 0 Å². The van der Waals surface area contributed by atoms with E-state index in [-0.39, 0.29) is 0 Å². The maximum atomic E-state index is 5.72. The van der Waals surface area contributed by atoms with Gasteiger partial charge >= 0.3 is 0 Å². The first-order valence-electron chi connectivity index (χ1n) is 7.08. The van der Waals surface area contributed by atoms with Crippen LogP contribution in [0.15, 0.2) is 36.4 Å². The largest absolute Gasteiger partial charge is 0.271 e. The van der Waals surface area contributed by atoms with E-state index in [1.54, 1.807) is 0 Å². The molecule has 1 aliphatic carbocycles. The molecular formula is C16H21N3. The molecule has 1 aromatic carbocycles. The van der Waals surface area contributed by atoms with Crippen LogP contribution in [0.3, 0.4) is 0 Å². The molecule has 3 N–H and O–H groups in total. The van der Waals surface area contributed by atoms with Gasteiger partial charge in [-0.1, -0.05) is 31.2 Å². The van der Waals surface area contributed by atoms with Gasteiger partial charge in [0.2, 0.25) is 0 Å². The summed E-state index contributed by atoms with van der Waals surface area (Å²) in [6.07, 6.45) is 3.61. The van der Waals surface area contributed by atoms with Crippen LogP contribution in [0.25, 0.3) is 10.9 Å². The molecule has 2 atom stereocenters. The van der Waals surface area contributed by atoms with Crippen LogP contribution in [0.5, 0.6) is 0 Å². The fourth-order valence-corrected chi connectivity index (χ4v) is 2.79. The predicted octanol–water partition coefficient (Wildman–Crippen LogP) is 2.66. The Balaban J connectivity index is 1.79. The van der Waals surface area contributed by atoms with Crippen molar-refractivity contribution in [2.24, 2.45) is 17.7 Å². The first kappa shape index (κ1) is 12.6. The van der Waals surface area contributed by atoms with Crippen molar-refractivity contribution < 1.29 is 0 Å². The standard InChI is InChI=1S/C16H21N3/c1-11(12-6-7-12)16(19-17)10-14-9-8-13-4-2-3-5-15(13)18-14/h2-5,8-9,11-12,16,19H,6-7,10,17H2,1H3. The highest BCUT2D eigenvalue weighted by atomic mass is 15.2. The molecule has 0 radical (unpaired) electrons. The third-order valence-corrected chi connectivity index (χ3v) is 4.30. The first-order valence-corrected chi connectivity index (χ1v) is 7.08. The highest BCUT2D eigenvalue weighted by molar-refractivity contribution is 5.78. The number of hydrogen-bond donors (Lipinski definition) is 2. The predicted molar refractivity (Wildman–Crippen MR) is 78.4 cm³/mol. The molecule has 2 unspecified atom stereocenters. The summed E-state index contributed by atoms with van der Waals surface area (Å²) in [5, 5.41) is 1.19.